The molecule has 2 unspecified atom stereocenters. The number of aromatic nitrogens is 2. The van der Waals surface area contributed by atoms with Crippen LogP contribution in [0.3, 0.4) is 0 Å². The largest absolute Gasteiger partial charge is 0.391 e. The van der Waals surface area contributed by atoms with Gasteiger partial charge in [0.15, 0.2) is 0 Å². The average molecular weight is 343 g/mol. The van der Waals surface area contributed by atoms with E-state index in [4.69, 9.17) is 0 Å². The number of amides is 1. The van der Waals surface area contributed by atoms with Crippen LogP contribution in [-0.4, -0.2) is 37.9 Å². The van der Waals surface area contributed by atoms with Gasteiger partial charge in [-0.2, -0.15) is 0 Å². The Kier molecular flexibility index (Phi) is 3.73. The summed E-state index contributed by atoms with van der Waals surface area (Å²) in [6.45, 7) is 0.0733. The molecule has 0 radical (unpaired) electrons. The number of aliphatic hydroxyl groups is 1. The van der Waals surface area contributed by atoms with Crippen LogP contribution < -0.4 is 0 Å². The Labute approximate surface area is 142 Å². The fourth-order valence-corrected chi connectivity index (χ4v) is 3.32. The minimum absolute atomic E-state index is 0.0733. The molecule has 0 aliphatic carbocycles. The van der Waals surface area contributed by atoms with Gasteiger partial charge in [-0.3, -0.25) is 4.79 Å². The molecule has 1 aliphatic heterocycles. The summed E-state index contributed by atoms with van der Waals surface area (Å²) < 4.78 is 29.5. The van der Waals surface area contributed by atoms with E-state index < -0.39 is 23.8 Å². The first kappa shape index (κ1) is 15.7. The number of benzene rings is 1. The molecular formula is C18H15F2N3O2. The zero-order chi connectivity index (χ0) is 17.6. The van der Waals surface area contributed by atoms with E-state index in [1.165, 1.54) is 4.90 Å². The summed E-state index contributed by atoms with van der Waals surface area (Å²) in [5.41, 5.74) is 1.23. The van der Waals surface area contributed by atoms with Crippen molar-refractivity contribution < 1.29 is 18.7 Å². The molecule has 0 saturated carbocycles. The van der Waals surface area contributed by atoms with E-state index >= 15 is 0 Å². The Morgan fingerprint density at radius 2 is 2.08 bits per heavy atom. The maximum absolute atomic E-state index is 14.2. The summed E-state index contributed by atoms with van der Waals surface area (Å²) in [6.07, 6.45) is 4.34. The van der Waals surface area contributed by atoms with Crippen molar-refractivity contribution in [2.75, 3.05) is 6.54 Å². The highest BCUT2D eigenvalue weighted by Gasteiger charge is 2.37. The first-order chi connectivity index (χ1) is 12.0. The van der Waals surface area contributed by atoms with E-state index in [0.29, 0.717) is 5.56 Å². The number of rotatable bonds is 2. The van der Waals surface area contributed by atoms with Gasteiger partial charge in [0.2, 0.25) is 0 Å². The molecule has 1 aliphatic rings. The molecule has 1 amide bonds. The number of hydrogen-bond acceptors (Lipinski definition) is 3. The summed E-state index contributed by atoms with van der Waals surface area (Å²) in [4.78, 5) is 18.3. The summed E-state index contributed by atoms with van der Waals surface area (Å²) in [6, 6.07) is 5.76. The van der Waals surface area contributed by atoms with Crippen LogP contribution in [-0.2, 0) is 0 Å². The van der Waals surface area contributed by atoms with Crippen molar-refractivity contribution in [3.8, 4) is 0 Å². The molecule has 1 N–H and O–H groups in total. The number of nitrogens with zero attached hydrogens (tertiary/aromatic N) is 3. The molecule has 128 valence electrons. The Balaban J connectivity index is 1.71. The third-order valence-corrected chi connectivity index (χ3v) is 4.52. The van der Waals surface area contributed by atoms with E-state index in [1.807, 2.05) is 0 Å². The number of carbonyl (C=O) groups is 1. The van der Waals surface area contributed by atoms with Crippen LogP contribution >= 0.6 is 0 Å². The van der Waals surface area contributed by atoms with Crippen LogP contribution in [0, 0.1) is 11.6 Å². The number of carbonyl (C=O) groups excluding carboxylic acids is 1. The van der Waals surface area contributed by atoms with Crippen molar-refractivity contribution in [2.45, 2.75) is 18.6 Å². The first-order valence-electron chi connectivity index (χ1n) is 7.88. The predicted octanol–water partition coefficient (Wildman–Crippen LogP) is 2.56. The van der Waals surface area contributed by atoms with E-state index in [-0.39, 0.29) is 24.4 Å². The highest BCUT2D eigenvalue weighted by atomic mass is 19.1. The van der Waals surface area contributed by atoms with Crippen molar-refractivity contribution in [1.29, 1.82) is 0 Å². The quantitative estimate of drug-likeness (QED) is 0.778. The number of imidazole rings is 1. The molecule has 5 nitrogen and oxygen atoms in total. The highest BCUT2D eigenvalue weighted by molar-refractivity contribution is 5.95. The molecule has 2 atom stereocenters. The summed E-state index contributed by atoms with van der Waals surface area (Å²) in [5, 5.41) is 10.0. The number of hydrogen-bond donors (Lipinski definition) is 1. The Morgan fingerprint density at radius 3 is 2.92 bits per heavy atom. The Bertz CT molecular complexity index is 956. The van der Waals surface area contributed by atoms with Crippen LogP contribution in [0.2, 0.25) is 0 Å². The number of pyridine rings is 1. The van der Waals surface area contributed by atoms with E-state index in [2.05, 4.69) is 4.98 Å². The maximum Gasteiger partial charge on any atom is 0.254 e. The number of likely N-dealkylation sites (tertiary alicyclic amines) is 1. The second kappa shape index (κ2) is 5.93. The average Bonchev–Trinajstić information content (AvgIpc) is 3.22. The summed E-state index contributed by atoms with van der Waals surface area (Å²) in [7, 11) is 0. The fourth-order valence-electron chi connectivity index (χ4n) is 3.32. The van der Waals surface area contributed by atoms with Crippen molar-refractivity contribution in [3.63, 3.8) is 0 Å². The minimum atomic E-state index is -0.782. The van der Waals surface area contributed by atoms with Gasteiger partial charge in [0, 0.05) is 23.9 Å². The van der Waals surface area contributed by atoms with Crippen LogP contribution in [0.4, 0.5) is 8.78 Å². The smallest absolute Gasteiger partial charge is 0.254 e. The normalized spacial score (nSPS) is 20.4. The predicted molar refractivity (Wildman–Crippen MR) is 86.0 cm³/mol. The molecule has 25 heavy (non-hydrogen) atoms. The molecule has 1 aromatic carbocycles. The molecule has 4 rings (SSSR count). The lowest BCUT2D eigenvalue weighted by Gasteiger charge is -2.25. The van der Waals surface area contributed by atoms with E-state index in [0.717, 1.165) is 23.7 Å². The molecule has 7 heteroatoms. The van der Waals surface area contributed by atoms with Gasteiger partial charge in [0.05, 0.1) is 30.2 Å². The standard InChI is InChI=1S/C18H15F2N3O2/c19-12-1-2-16(20)15(6-12)17-7-14(24)9-23(17)18(25)11-3-4-22-10-21-8-13(22)5-11/h1-6,8,10,14,17,24H,7,9H2. The van der Waals surface area contributed by atoms with Gasteiger partial charge in [-0.25, -0.2) is 13.8 Å². The van der Waals surface area contributed by atoms with Gasteiger partial charge < -0.3 is 14.4 Å². The molecule has 1 saturated heterocycles. The zero-order valence-electron chi connectivity index (χ0n) is 13.1. The SMILES string of the molecule is O=C(c1ccn2cncc2c1)N1CC(O)CC1c1cc(F)ccc1F. The number of β-amino-alcohol motifs (C(OH)–C–C–N with tert-alkyl or cyclic N) is 1. The second-order valence-corrected chi connectivity index (χ2v) is 6.17. The molecule has 2 aromatic heterocycles. The second-order valence-electron chi connectivity index (χ2n) is 6.17. The lowest BCUT2D eigenvalue weighted by atomic mass is 10.0. The van der Waals surface area contributed by atoms with Crippen LogP contribution in [0.15, 0.2) is 49.1 Å². The van der Waals surface area contributed by atoms with Crippen molar-refractivity contribution >= 4 is 11.4 Å². The van der Waals surface area contributed by atoms with Gasteiger partial charge in [-0.05, 0) is 36.8 Å². The fraction of sp³-hybridized carbons (Fsp3) is 0.222. The number of halogens is 2. The third kappa shape index (κ3) is 2.76. The molecule has 0 bridgehead atoms. The van der Waals surface area contributed by atoms with E-state index in [9.17, 15) is 18.7 Å². The number of fused-ring (bicyclic) bond motifs is 1. The van der Waals surface area contributed by atoms with Crippen molar-refractivity contribution in [3.05, 3.63) is 71.8 Å². The number of aliphatic hydroxyl groups excluding tert-OH is 1. The molecule has 3 heterocycles. The lowest BCUT2D eigenvalue weighted by molar-refractivity contribution is 0.0713. The molecule has 3 aromatic rings. The van der Waals surface area contributed by atoms with Crippen molar-refractivity contribution in [1.82, 2.24) is 14.3 Å². The minimum Gasteiger partial charge on any atom is -0.391 e. The first-order valence-corrected chi connectivity index (χ1v) is 7.88. The van der Waals surface area contributed by atoms with Crippen LogP contribution in [0.5, 0.6) is 0 Å². The van der Waals surface area contributed by atoms with Gasteiger partial charge >= 0.3 is 0 Å². The Hall–Kier alpha value is -2.80. The molecular weight excluding hydrogens is 328 g/mol. The van der Waals surface area contributed by atoms with Gasteiger partial charge in [0.1, 0.15) is 11.6 Å². The molecule has 0 spiro atoms. The van der Waals surface area contributed by atoms with Crippen LogP contribution in [0.1, 0.15) is 28.4 Å². The van der Waals surface area contributed by atoms with Gasteiger partial charge in [-0.1, -0.05) is 0 Å². The lowest BCUT2D eigenvalue weighted by Crippen LogP contribution is -2.32. The van der Waals surface area contributed by atoms with Crippen LogP contribution in [0.25, 0.3) is 5.52 Å². The third-order valence-electron chi connectivity index (χ3n) is 4.52. The highest BCUT2D eigenvalue weighted by Crippen LogP contribution is 2.35. The molecule has 1 fully saturated rings. The topological polar surface area (TPSA) is 57.8 Å². The zero-order valence-corrected chi connectivity index (χ0v) is 13.1. The van der Waals surface area contributed by atoms with Gasteiger partial charge in [-0.15, -0.1) is 0 Å². The summed E-state index contributed by atoms with van der Waals surface area (Å²) >= 11 is 0. The van der Waals surface area contributed by atoms with E-state index in [1.54, 1.807) is 35.3 Å². The monoisotopic (exact) mass is 343 g/mol. The van der Waals surface area contributed by atoms with Gasteiger partial charge in [0.25, 0.3) is 5.91 Å². The summed E-state index contributed by atoms with van der Waals surface area (Å²) in [5.74, 6) is -1.51. The van der Waals surface area contributed by atoms with Crippen molar-refractivity contribution in [2.24, 2.45) is 0 Å². The Morgan fingerprint density at radius 1 is 1.24 bits per heavy atom. The maximum atomic E-state index is 14.2.